The number of hydrogen-bond donors (Lipinski definition) is 0. The zero-order valence-electron chi connectivity index (χ0n) is 7.70. The van der Waals surface area contributed by atoms with E-state index >= 15 is 0 Å². The first kappa shape index (κ1) is 11.5. The van der Waals surface area contributed by atoms with Gasteiger partial charge in [0.1, 0.15) is 11.5 Å². The molecule has 72 valence electrons. The first-order valence-corrected chi connectivity index (χ1v) is 3.96. The summed E-state index contributed by atoms with van der Waals surface area (Å²) in [6, 6.07) is 0. The molecule has 0 saturated heterocycles. The first-order valence-electron chi connectivity index (χ1n) is 3.96. The molecule has 0 unspecified atom stereocenters. The van der Waals surface area contributed by atoms with Gasteiger partial charge in [-0.1, -0.05) is 0 Å². The number of hydrogen-bond acceptors (Lipinski definition) is 4. The van der Waals surface area contributed by atoms with Gasteiger partial charge in [-0.3, -0.25) is 0 Å². The van der Waals surface area contributed by atoms with Crippen molar-refractivity contribution in [3.8, 4) is 0 Å². The van der Waals surface area contributed by atoms with E-state index in [9.17, 15) is 9.59 Å². The van der Waals surface area contributed by atoms with Crippen LogP contribution in [0.25, 0.3) is 0 Å². The van der Waals surface area contributed by atoms with E-state index in [-0.39, 0.29) is 12.2 Å². The fourth-order valence-electron chi connectivity index (χ4n) is 0.565. The smallest absolute Gasteiger partial charge is 0.349 e. The van der Waals surface area contributed by atoms with Crippen molar-refractivity contribution in [3.05, 3.63) is 17.9 Å². The average molecular weight is 184 g/mol. The summed E-state index contributed by atoms with van der Waals surface area (Å²) in [5.74, 6) is 0.784. The van der Waals surface area contributed by atoms with Crippen LogP contribution in [0, 0.1) is 0 Å². The summed E-state index contributed by atoms with van der Waals surface area (Å²) in [7, 11) is 0. The number of ether oxygens (including phenoxy) is 2. The maximum Gasteiger partial charge on any atom is 0.349 e. The van der Waals surface area contributed by atoms with Crippen molar-refractivity contribution in [3.63, 3.8) is 0 Å². The second kappa shape index (κ2) is 7.13. The Kier molecular flexibility index (Phi) is 6.28. The maximum atomic E-state index is 10.9. The second-order valence-corrected chi connectivity index (χ2v) is 1.99. The van der Waals surface area contributed by atoms with E-state index in [0.717, 1.165) is 0 Å². The lowest BCUT2D eigenvalue weighted by Crippen LogP contribution is -2.06. The highest BCUT2D eigenvalue weighted by atomic mass is 16.5. The lowest BCUT2D eigenvalue weighted by atomic mass is 10.3. The molecule has 0 aromatic heterocycles. The van der Waals surface area contributed by atoms with Gasteiger partial charge < -0.3 is 9.47 Å². The van der Waals surface area contributed by atoms with Gasteiger partial charge in [0.2, 0.25) is 0 Å². The Morgan fingerprint density at radius 1 is 1.38 bits per heavy atom. The Morgan fingerprint density at radius 3 is 2.54 bits per heavy atom. The maximum absolute atomic E-state index is 10.9. The molecule has 0 rings (SSSR count). The summed E-state index contributed by atoms with van der Waals surface area (Å²) in [5, 5.41) is 0. The van der Waals surface area contributed by atoms with Crippen molar-refractivity contribution in [1.29, 1.82) is 0 Å². The monoisotopic (exact) mass is 184 g/mol. The summed E-state index contributed by atoms with van der Waals surface area (Å²) in [5.41, 5.74) is -0.171. The van der Waals surface area contributed by atoms with Crippen LogP contribution in [-0.4, -0.2) is 25.1 Å². The van der Waals surface area contributed by atoms with Gasteiger partial charge in [0.15, 0.2) is 0 Å². The van der Waals surface area contributed by atoms with Gasteiger partial charge in [-0.15, -0.1) is 0 Å². The van der Waals surface area contributed by atoms with Gasteiger partial charge in [0, 0.05) is 0 Å². The minimum absolute atomic E-state index is 0.171. The standard InChI is InChI=1S/C9H12O4/c1-3-12-6-5-8(7-10)9(11)13-4-2/h5-6H,3-4H2,1-2H3. The van der Waals surface area contributed by atoms with Crippen LogP contribution in [0.1, 0.15) is 13.8 Å². The van der Waals surface area contributed by atoms with Crippen LogP contribution >= 0.6 is 0 Å². The number of esters is 1. The van der Waals surface area contributed by atoms with Gasteiger partial charge >= 0.3 is 5.97 Å². The van der Waals surface area contributed by atoms with Crippen LogP contribution in [0.5, 0.6) is 0 Å². The largest absolute Gasteiger partial charge is 0.501 e. The van der Waals surface area contributed by atoms with E-state index in [4.69, 9.17) is 4.74 Å². The Bertz CT molecular complexity index is 236. The van der Waals surface area contributed by atoms with Crippen molar-refractivity contribution < 1.29 is 19.1 Å². The molecule has 4 heteroatoms. The fraction of sp³-hybridized carbons (Fsp3) is 0.444. The van der Waals surface area contributed by atoms with Gasteiger partial charge in [-0.2, -0.15) is 0 Å². The predicted molar refractivity (Wildman–Crippen MR) is 46.6 cm³/mol. The molecule has 0 spiro atoms. The Morgan fingerprint density at radius 2 is 2.08 bits per heavy atom. The lowest BCUT2D eigenvalue weighted by molar-refractivity contribution is -0.137. The van der Waals surface area contributed by atoms with Crippen molar-refractivity contribution in [2.24, 2.45) is 0 Å². The first-order chi connectivity index (χ1) is 6.26. The molecule has 0 fully saturated rings. The topological polar surface area (TPSA) is 52.6 Å². The van der Waals surface area contributed by atoms with Crippen LogP contribution in [0.3, 0.4) is 0 Å². The Labute approximate surface area is 76.8 Å². The molecule has 0 aliphatic rings. The van der Waals surface area contributed by atoms with E-state index in [1.807, 2.05) is 0 Å². The van der Waals surface area contributed by atoms with E-state index in [1.54, 1.807) is 13.8 Å². The van der Waals surface area contributed by atoms with E-state index in [0.29, 0.717) is 6.61 Å². The van der Waals surface area contributed by atoms with Crippen LogP contribution < -0.4 is 0 Å². The molecule has 13 heavy (non-hydrogen) atoms. The van der Waals surface area contributed by atoms with Gasteiger partial charge in [-0.25, -0.2) is 9.59 Å². The molecule has 0 saturated carbocycles. The van der Waals surface area contributed by atoms with Crippen molar-refractivity contribution in [2.45, 2.75) is 13.8 Å². The van der Waals surface area contributed by atoms with Crippen molar-refractivity contribution in [1.82, 2.24) is 0 Å². The average Bonchev–Trinajstić information content (AvgIpc) is 2.13. The summed E-state index contributed by atoms with van der Waals surface area (Å²) in [4.78, 5) is 21.2. The van der Waals surface area contributed by atoms with Crippen LogP contribution in [0.2, 0.25) is 0 Å². The second-order valence-electron chi connectivity index (χ2n) is 1.99. The summed E-state index contributed by atoms with van der Waals surface area (Å²) in [6.45, 7) is 4.16. The van der Waals surface area contributed by atoms with Crippen molar-refractivity contribution in [2.75, 3.05) is 13.2 Å². The number of rotatable bonds is 5. The summed E-state index contributed by atoms with van der Waals surface area (Å²) in [6.07, 6.45) is 2.49. The lowest BCUT2D eigenvalue weighted by Gasteiger charge is -1.98. The molecular weight excluding hydrogens is 172 g/mol. The van der Waals surface area contributed by atoms with E-state index < -0.39 is 5.97 Å². The molecular formula is C9H12O4. The highest BCUT2D eigenvalue weighted by Crippen LogP contribution is 1.95. The van der Waals surface area contributed by atoms with Crippen LogP contribution in [-0.2, 0) is 19.1 Å². The minimum Gasteiger partial charge on any atom is -0.501 e. The van der Waals surface area contributed by atoms with Crippen LogP contribution in [0.15, 0.2) is 17.9 Å². The minimum atomic E-state index is -0.687. The molecule has 4 nitrogen and oxygen atoms in total. The summed E-state index contributed by atoms with van der Waals surface area (Å²) >= 11 is 0. The molecule has 0 aromatic rings. The SMILES string of the molecule is CCOC=CC(=C=O)C(=O)OCC. The zero-order chi connectivity index (χ0) is 10.1. The van der Waals surface area contributed by atoms with E-state index in [1.165, 1.54) is 18.3 Å². The highest BCUT2D eigenvalue weighted by Gasteiger charge is 2.07. The molecule has 0 amide bonds. The third kappa shape index (κ3) is 4.82. The van der Waals surface area contributed by atoms with Gasteiger partial charge in [0.05, 0.1) is 19.5 Å². The molecule has 0 aliphatic heterocycles. The highest BCUT2D eigenvalue weighted by molar-refractivity contribution is 5.99. The molecule has 0 aliphatic carbocycles. The third-order valence-electron chi connectivity index (χ3n) is 1.10. The summed E-state index contributed by atoms with van der Waals surface area (Å²) < 4.78 is 9.39. The Hall–Kier alpha value is -1.54. The molecule has 0 heterocycles. The predicted octanol–water partition coefficient (Wildman–Crippen LogP) is 0.858. The fourth-order valence-corrected chi connectivity index (χ4v) is 0.565. The Balaban J connectivity index is 4.20. The quantitative estimate of drug-likeness (QED) is 0.209. The molecule has 0 bridgehead atoms. The van der Waals surface area contributed by atoms with Gasteiger partial charge in [-0.05, 0) is 19.9 Å². The molecule has 0 atom stereocenters. The number of carbonyl (C=O) groups excluding carboxylic acids is 2. The number of carbonyl (C=O) groups is 1. The third-order valence-corrected chi connectivity index (χ3v) is 1.10. The van der Waals surface area contributed by atoms with E-state index in [2.05, 4.69) is 4.74 Å². The normalized spacial score (nSPS) is 9.38. The molecule has 0 aromatic carbocycles. The zero-order valence-corrected chi connectivity index (χ0v) is 7.70. The van der Waals surface area contributed by atoms with Crippen molar-refractivity contribution >= 4 is 11.9 Å². The van der Waals surface area contributed by atoms with Crippen LogP contribution in [0.4, 0.5) is 0 Å². The van der Waals surface area contributed by atoms with Gasteiger partial charge in [0.25, 0.3) is 0 Å². The molecule has 0 N–H and O–H groups in total. The molecule has 0 radical (unpaired) electrons.